The van der Waals surface area contributed by atoms with E-state index >= 15 is 0 Å². The molecule has 0 aromatic carbocycles. The highest BCUT2D eigenvalue weighted by Gasteiger charge is 2.71. The summed E-state index contributed by atoms with van der Waals surface area (Å²) in [6, 6.07) is 0. The first kappa shape index (κ1) is 44.2. The third kappa shape index (κ3) is 7.01. The Morgan fingerprint density at radius 1 is 0.719 bits per heavy atom. The summed E-state index contributed by atoms with van der Waals surface area (Å²) in [4.78, 5) is 0. The van der Waals surface area contributed by atoms with Gasteiger partial charge in [-0.1, -0.05) is 46.3 Å². The van der Waals surface area contributed by atoms with Crippen molar-refractivity contribution in [2.75, 3.05) is 20.3 Å². The highest BCUT2D eigenvalue weighted by atomic mass is 16.8. The minimum absolute atomic E-state index is 0.00534. The van der Waals surface area contributed by atoms with Crippen LogP contribution in [-0.4, -0.2) is 153 Å². The number of aliphatic hydroxyl groups is 8. The normalized spacial score (nSPS) is 53.7. The van der Waals surface area contributed by atoms with Gasteiger partial charge in [-0.15, -0.1) is 0 Å². The molecule has 3 heterocycles. The smallest absolute Gasteiger partial charge is 0.187 e. The van der Waals surface area contributed by atoms with Crippen molar-refractivity contribution >= 4 is 0 Å². The van der Waals surface area contributed by atoms with E-state index in [2.05, 4.69) is 61.5 Å². The molecule has 0 aromatic rings. The first-order valence-corrected chi connectivity index (χ1v) is 21.4. The Bertz CT molecular complexity index is 1470. The lowest BCUT2D eigenvalue weighted by atomic mass is 9.35. The lowest BCUT2D eigenvalue weighted by Crippen LogP contribution is -2.67. The van der Waals surface area contributed by atoms with Crippen molar-refractivity contribution in [2.45, 2.75) is 192 Å². The Morgan fingerprint density at radius 3 is 1.91 bits per heavy atom. The fraction of sp³-hybridized carbons (Fsp3) is 0.953. The number of aliphatic hydroxyl groups excluding tert-OH is 8. The van der Waals surface area contributed by atoms with E-state index < -0.39 is 92.2 Å². The predicted molar refractivity (Wildman–Crippen MR) is 205 cm³/mol. The summed E-state index contributed by atoms with van der Waals surface area (Å²) >= 11 is 0. The van der Waals surface area contributed by atoms with E-state index in [-0.39, 0.29) is 57.7 Å². The van der Waals surface area contributed by atoms with Crippen molar-refractivity contribution in [1.82, 2.24) is 0 Å². The summed E-state index contributed by atoms with van der Waals surface area (Å²) in [5.41, 5.74) is 0.468. The Labute approximate surface area is 337 Å². The van der Waals surface area contributed by atoms with Crippen LogP contribution in [0.15, 0.2) is 11.6 Å². The molecule has 0 amide bonds. The molecule has 4 aliphatic carbocycles. The average Bonchev–Trinajstić information content (AvgIpc) is 3.62. The summed E-state index contributed by atoms with van der Waals surface area (Å²) in [5, 5.41) is 85.7. The minimum atomic E-state index is -1.75. The molecule has 3 saturated heterocycles. The molecule has 0 bridgehead atoms. The van der Waals surface area contributed by atoms with Crippen molar-refractivity contribution in [3.63, 3.8) is 0 Å². The van der Waals surface area contributed by atoms with Gasteiger partial charge in [-0.3, -0.25) is 0 Å². The van der Waals surface area contributed by atoms with E-state index in [1.165, 1.54) is 5.57 Å². The van der Waals surface area contributed by atoms with E-state index in [4.69, 9.17) is 28.4 Å². The van der Waals surface area contributed by atoms with Gasteiger partial charge in [0.1, 0.15) is 61.0 Å². The maximum Gasteiger partial charge on any atom is 0.187 e. The Balaban J connectivity index is 1.10. The van der Waals surface area contributed by atoms with Gasteiger partial charge in [-0.05, 0) is 111 Å². The van der Waals surface area contributed by atoms with Gasteiger partial charge in [0.05, 0.1) is 31.0 Å². The number of rotatable bonds is 10. The quantitative estimate of drug-likeness (QED) is 0.0897. The Kier molecular flexibility index (Phi) is 12.0. The van der Waals surface area contributed by atoms with Crippen molar-refractivity contribution in [3.8, 4) is 0 Å². The van der Waals surface area contributed by atoms with Gasteiger partial charge in [-0.2, -0.15) is 0 Å². The molecule has 7 aliphatic rings. The van der Waals surface area contributed by atoms with Crippen LogP contribution in [0.5, 0.6) is 0 Å². The molecule has 2 unspecified atom stereocenters. The SMILES string of the molecule is COC(/C=C(\C)[C@H]1CC[C@]2(C)[C@@H]1[C@H](O)C[C@@H]1[C@@]3(C)CC[C@H](O[C@@H]4O[C@H](CO)[C@@H](O)[C@H](O)[C@H]4O[C@@H]4O[C@H](CO)[C@@H](O)[C@H](O)[C@H]4O)C(C)(C)[C@@H]3CC[C@]12C)C1OC1(C)C. The van der Waals surface area contributed by atoms with Crippen LogP contribution in [0, 0.1) is 45.3 Å². The average molecular weight is 813 g/mol. The summed E-state index contributed by atoms with van der Waals surface area (Å²) in [6.07, 6.45) is -7.52. The molecular weight excluding hydrogens is 740 g/mol. The lowest BCUT2D eigenvalue weighted by Gasteiger charge is -2.70. The van der Waals surface area contributed by atoms with Crippen LogP contribution in [0.1, 0.15) is 100 Å². The number of hydrogen-bond donors (Lipinski definition) is 8. The number of allylic oxidation sites excluding steroid dienone is 1. The van der Waals surface area contributed by atoms with E-state index in [0.29, 0.717) is 6.42 Å². The summed E-state index contributed by atoms with van der Waals surface area (Å²) in [7, 11) is 1.74. The van der Waals surface area contributed by atoms with Gasteiger partial charge in [-0.25, -0.2) is 0 Å². The predicted octanol–water partition coefficient (Wildman–Crippen LogP) is 1.79. The molecule has 0 aromatic heterocycles. The van der Waals surface area contributed by atoms with Gasteiger partial charge in [0.15, 0.2) is 12.6 Å². The largest absolute Gasteiger partial charge is 0.394 e. The maximum atomic E-state index is 12.3. The van der Waals surface area contributed by atoms with Crippen LogP contribution >= 0.6 is 0 Å². The molecule has 14 heteroatoms. The maximum absolute atomic E-state index is 12.3. The monoisotopic (exact) mass is 812 g/mol. The topological polar surface area (TPSA) is 221 Å². The number of ether oxygens (including phenoxy) is 6. The number of hydrogen-bond acceptors (Lipinski definition) is 14. The van der Waals surface area contributed by atoms with Crippen LogP contribution in [0.2, 0.25) is 0 Å². The van der Waals surface area contributed by atoms with Crippen LogP contribution in [0.25, 0.3) is 0 Å². The van der Waals surface area contributed by atoms with E-state index in [9.17, 15) is 40.9 Å². The zero-order chi connectivity index (χ0) is 41.8. The van der Waals surface area contributed by atoms with Gasteiger partial charge in [0, 0.05) is 7.11 Å². The molecule has 3 aliphatic heterocycles. The zero-order valence-corrected chi connectivity index (χ0v) is 35.4. The fourth-order valence-corrected chi connectivity index (χ4v) is 13.7. The molecule has 0 radical (unpaired) electrons. The number of methoxy groups -OCH3 is 1. The third-order valence-electron chi connectivity index (χ3n) is 17.2. The van der Waals surface area contributed by atoms with Crippen LogP contribution in [0.4, 0.5) is 0 Å². The van der Waals surface area contributed by atoms with Crippen molar-refractivity contribution in [2.24, 2.45) is 45.3 Å². The van der Waals surface area contributed by atoms with Crippen LogP contribution in [0.3, 0.4) is 0 Å². The van der Waals surface area contributed by atoms with Gasteiger partial charge < -0.3 is 69.3 Å². The molecule has 0 spiro atoms. The van der Waals surface area contributed by atoms with Crippen molar-refractivity contribution in [3.05, 3.63) is 11.6 Å². The molecule has 8 N–H and O–H groups in total. The molecule has 14 nitrogen and oxygen atoms in total. The molecule has 7 rings (SSSR count). The fourth-order valence-electron chi connectivity index (χ4n) is 13.7. The first-order chi connectivity index (χ1) is 26.6. The Morgan fingerprint density at radius 2 is 1.32 bits per heavy atom. The summed E-state index contributed by atoms with van der Waals surface area (Å²) in [6.45, 7) is 16.9. The zero-order valence-electron chi connectivity index (χ0n) is 35.4. The second kappa shape index (κ2) is 15.5. The summed E-state index contributed by atoms with van der Waals surface area (Å²) in [5.74, 6) is 0.868. The first-order valence-electron chi connectivity index (χ1n) is 21.4. The third-order valence-corrected chi connectivity index (χ3v) is 17.2. The molecule has 7 fully saturated rings. The van der Waals surface area contributed by atoms with Crippen LogP contribution < -0.4 is 0 Å². The second-order valence-corrected chi connectivity index (χ2v) is 20.7. The van der Waals surface area contributed by atoms with E-state index in [1.807, 2.05) is 0 Å². The molecular formula is C43H72O14. The highest BCUT2D eigenvalue weighted by molar-refractivity contribution is 5.24. The second-order valence-electron chi connectivity index (χ2n) is 20.7. The minimum Gasteiger partial charge on any atom is -0.394 e. The van der Waals surface area contributed by atoms with Gasteiger partial charge >= 0.3 is 0 Å². The Hall–Kier alpha value is -0.820. The number of fused-ring (bicyclic) bond motifs is 5. The van der Waals surface area contributed by atoms with Crippen LogP contribution in [-0.2, 0) is 28.4 Å². The molecule has 21 atom stereocenters. The highest BCUT2D eigenvalue weighted by Crippen LogP contribution is 2.75. The van der Waals surface area contributed by atoms with Crippen molar-refractivity contribution in [1.29, 1.82) is 0 Å². The standard InChI is InChI=1S/C43H72O14/c1-20(16-23(52-9)36-40(4,5)57-36)21-10-14-43(8)29(21)22(46)17-27-41(6)13-12-28(39(2,3)26(41)11-15-42(27,43)7)55-38-35(33(50)31(48)25(19-45)54-38)56-37-34(51)32(49)30(47)24(18-44)53-37/h16,21-38,44-51H,10-15,17-19H2,1-9H3/b20-16+/t21-,22-,23?,24-,25-,26+,27-,28+,29+,30-,31-,32+,33+,34-,35-,36?,37+,38+,41+,42-,43-/m1/s1. The summed E-state index contributed by atoms with van der Waals surface area (Å²) < 4.78 is 36.3. The number of epoxide rings is 1. The molecule has 4 saturated carbocycles. The molecule has 57 heavy (non-hydrogen) atoms. The van der Waals surface area contributed by atoms with E-state index in [1.54, 1.807) is 7.11 Å². The van der Waals surface area contributed by atoms with E-state index in [0.717, 1.165) is 38.5 Å². The van der Waals surface area contributed by atoms with Gasteiger partial charge in [0.2, 0.25) is 0 Å². The van der Waals surface area contributed by atoms with Crippen molar-refractivity contribution < 1.29 is 69.3 Å². The van der Waals surface area contributed by atoms with Gasteiger partial charge in [0.25, 0.3) is 0 Å². The molecule has 328 valence electrons. The lowest BCUT2D eigenvalue weighted by molar-refractivity contribution is -0.378.